The van der Waals surface area contributed by atoms with E-state index in [-0.39, 0.29) is 5.91 Å². The fourth-order valence-corrected chi connectivity index (χ4v) is 5.06. The Hall–Kier alpha value is -2.51. The van der Waals surface area contributed by atoms with Gasteiger partial charge in [-0.15, -0.1) is 10.2 Å². The SMILES string of the molecule is Cc1ccc(-c2ccc(N3CCN(CC(=O)N4CCN(C5CCC5)CC4)CC3)nn2)cc1C. The van der Waals surface area contributed by atoms with E-state index in [1.54, 1.807) is 0 Å². The minimum absolute atomic E-state index is 0.286. The first-order valence-corrected chi connectivity index (χ1v) is 12.5. The van der Waals surface area contributed by atoms with E-state index in [1.165, 1.54) is 30.4 Å². The van der Waals surface area contributed by atoms with Gasteiger partial charge in [-0.25, -0.2) is 0 Å². The van der Waals surface area contributed by atoms with E-state index >= 15 is 0 Å². The first-order valence-electron chi connectivity index (χ1n) is 12.5. The molecule has 1 aromatic heterocycles. The molecule has 1 saturated carbocycles. The van der Waals surface area contributed by atoms with Gasteiger partial charge in [0.25, 0.3) is 0 Å². The average molecular weight is 449 g/mol. The van der Waals surface area contributed by atoms with Gasteiger partial charge in [0.1, 0.15) is 0 Å². The van der Waals surface area contributed by atoms with Crippen LogP contribution in [-0.4, -0.2) is 95.7 Å². The van der Waals surface area contributed by atoms with Gasteiger partial charge in [0, 0.05) is 64.0 Å². The number of aromatic nitrogens is 2. The van der Waals surface area contributed by atoms with E-state index in [2.05, 4.69) is 74.0 Å². The average Bonchev–Trinajstić information content (AvgIpc) is 2.81. The topological polar surface area (TPSA) is 55.8 Å². The van der Waals surface area contributed by atoms with Crippen LogP contribution in [0, 0.1) is 13.8 Å². The van der Waals surface area contributed by atoms with Gasteiger partial charge in [0.15, 0.2) is 5.82 Å². The first kappa shape index (κ1) is 22.3. The summed E-state index contributed by atoms with van der Waals surface area (Å²) in [4.78, 5) is 22.0. The van der Waals surface area contributed by atoms with Gasteiger partial charge in [-0.05, 0) is 56.0 Å². The largest absolute Gasteiger partial charge is 0.353 e. The zero-order valence-electron chi connectivity index (χ0n) is 20.0. The number of benzene rings is 1. The van der Waals surface area contributed by atoms with Crippen molar-refractivity contribution in [2.24, 2.45) is 0 Å². The molecule has 33 heavy (non-hydrogen) atoms. The number of carbonyl (C=O) groups excluding carboxylic acids is 1. The van der Waals surface area contributed by atoms with E-state index in [4.69, 9.17) is 0 Å². The van der Waals surface area contributed by atoms with Crippen LogP contribution in [-0.2, 0) is 4.79 Å². The summed E-state index contributed by atoms with van der Waals surface area (Å²) in [6.45, 7) is 12.2. The number of rotatable bonds is 5. The minimum atomic E-state index is 0.286. The van der Waals surface area contributed by atoms with Gasteiger partial charge in [0.05, 0.1) is 12.2 Å². The number of nitrogens with zero attached hydrogens (tertiary/aromatic N) is 6. The summed E-state index contributed by atoms with van der Waals surface area (Å²) in [7, 11) is 0. The summed E-state index contributed by atoms with van der Waals surface area (Å²) >= 11 is 0. The Bertz CT molecular complexity index is 957. The lowest BCUT2D eigenvalue weighted by molar-refractivity contribution is -0.134. The zero-order chi connectivity index (χ0) is 22.8. The quantitative estimate of drug-likeness (QED) is 0.701. The van der Waals surface area contributed by atoms with E-state index in [0.717, 1.165) is 75.5 Å². The summed E-state index contributed by atoms with van der Waals surface area (Å²) in [6.07, 6.45) is 4.06. The zero-order valence-corrected chi connectivity index (χ0v) is 20.0. The maximum Gasteiger partial charge on any atom is 0.236 e. The number of hydrogen-bond acceptors (Lipinski definition) is 6. The smallest absolute Gasteiger partial charge is 0.236 e. The molecule has 3 fully saturated rings. The molecular formula is C26H36N6O. The molecule has 5 rings (SSSR count). The summed E-state index contributed by atoms with van der Waals surface area (Å²) in [5.41, 5.74) is 4.57. The van der Waals surface area contributed by atoms with Crippen LogP contribution in [0.3, 0.4) is 0 Å². The highest BCUT2D eigenvalue weighted by Crippen LogP contribution is 2.26. The second-order valence-corrected chi connectivity index (χ2v) is 9.84. The fourth-order valence-electron chi connectivity index (χ4n) is 5.06. The molecule has 0 atom stereocenters. The van der Waals surface area contributed by atoms with Crippen LogP contribution in [0.1, 0.15) is 30.4 Å². The van der Waals surface area contributed by atoms with Gasteiger partial charge in [-0.1, -0.05) is 18.6 Å². The molecular weight excluding hydrogens is 412 g/mol. The van der Waals surface area contributed by atoms with Crippen LogP contribution in [0.25, 0.3) is 11.3 Å². The number of amides is 1. The van der Waals surface area contributed by atoms with Crippen molar-refractivity contribution in [1.82, 2.24) is 24.9 Å². The molecule has 0 spiro atoms. The molecule has 0 N–H and O–H groups in total. The van der Waals surface area contributed by atoms with Crippen LogP contribution >= 0.6 is 0 Å². The van der Waals surface area contributed by atoms with Crippen LogP contribution < -0.4 is 4.90 Å². The molecule has 176 valence electrons. The molecule has 1 aromatic carbocycles. The van der Waals surface area contributed by atoms with Crippen LogP contribution in [0.5, 0.6) is 0 Å². The monoisotopic (exact) mass is 448 g/mol. The molecule has 7 heteroatoms. The molecule has 3 aliphatic rings. The number of hydrogen-bond donors (Lipinski definition) is 0. The second-order valence-electron chi connectivity index (χ2n) is 9.84. The van der Waals surface area contributed by atoms with Crippen molar-refractivity contribution in [2.75, 3.05) is 63.8 Å². The third kappa shape index (κ3) is 5.04. The summed E-state index contributed by atoms with van der Waals surface area (Å²) in [5, 5.41) is 8.98. The standard InChI is InChI=1S/C26H36N6O/c1-20-6-7-22(18-21(20)2)24-8-9-25(28-27-24)31-12-10-29(11-13-31)19-26(33)32-16-14-30(15-17-32)23-4-3-5-23/h6-9,18,23H,3-5,10-17,19H2,1-2H3. The predicted octanol–water partition coefficient (Wildman–Crippen LogP) is 2.58. The van der Waals surface area contributed by atoms with E-state index in [1.807, 2.05) is 0 Å². The molecule has 2 saturated heterocycles. The Morgan fingerprint density at radius 2 is 1.64 bits per heavy atom. The minimum Gasteiger partial charge on any atom is -0.353 e. The highest BCUT2D eigenvalue weighted by molar-refractivity contribution is 5.78. The van der Waals surface area contributed by atoms with Crippen LogP contribution in [0.2, 0.25) is 0 Å². The van der Waals surface area contributed by atoms with Gasteiger partial charge in [0.2, 0.25) is 5.91 Å². The van der Waals surface area contributed by atoms with Crippen LogP contribution in [0.15, 0.2) is 30.3 Å². The van der Waals surface area contributed by atoms with E-state index < -0.39 is 0 Å². The maximum absolute atomic E-state index is 12.8. The lowest BCUT2D eigenvalue weighted by Crippen LogP contribution is -2.56. The molecule has 2 aromatic rings. The number of aryl methyl sites for hydroxylation is 2. The summed E-state index contributed by atoms with van der Waals surface area (Å²) < 4.78 is 0. The lowest BCUT2D eigenvalue weighted by Gasteiger charge is -2.43. The molecule has 3 heterocycles. The Labute approximate surface area is 197 Å². The number of carbonyl (C=O) groups is 1. The molecule has 0 unspecified atom stereocenters. The molecule has 7 nitrogen and oxygen atoms in total. The third-order valence-corrected chi connectivity index (χ3v) is 7.77. The van der Waals surface area contributed by atoms with Gasteiger partial charge < -0.3 is 9.80 Å². The third-order valence-electron chi connectivity index (χ3n) is 7.77. The fraction of sp³-hybridized carbons (Fsp3) is 0.577. The molecule has 0 radical (unpaired) electrons. The van der Waals surface area contributed by atoms with Gasteiger partial charge in [-0.2, -0.15) is 0 Å². The van der Waals surface area contributed by atoms with E-state index in [0.29, 0.717) is 6.54 Å². The highest BCUT2D eigenvalue weighted by atomic mass is 16.2. The van der Waals surface area contributed by atoms with Crippen molar-refractivity contribution < 1.29 is 4.79 Å². The molecule has 1 amide bonds. The van der Waals surface area contributed by atoms with Crippen molar-refractivity contribution in [3.05, 3.63) is 41.5 Å². The van der Waals surface area contributed by atoms with Crippen molar-refractivity contribution in [2.45, 2.75) is 39.2 Å². The Morgan fingerprint density at radius 3 is 2.24 bits per heavy atom. The first-order chi connectivity index (χ1) is 16.1. The van der Waals surface area contributed by atoms with Gasteiger partial charge >= 0.3 is 0 Å². The maximum atomic E-state index is 12.8. The normalized spacial score (nSPS) is 20.7. The molecule has 2 aliphatic heterocycles. The lowest BCUT2D eigenvalue weighted by atomic mass is 9.91. The van der Waals surface area contributed by atoms with E-state index in [9.17, 15) is 4.79 Å². The second kappa shape index (κ2) is 9.77. The number of anilines is 1. The van der Waals surface area contributed by atoms with Crippen molar-refractivity contribution in [3.63, 3.8) is 0 Å². The number of piperazine rings is 2. The molecule has 0 bridgehead atoms. The molecule has 1 aliphatic carbocycles. The Kier molecular flexibility index (Phi) is 6.60. The predicted molar refractivity (Wildman–Crippen MR) is 131 cm³/mol. The van der Waals surface area contributed by atoms with Crippen molar-refractivity contribution in [1.29, 1.82) is 0 Å². The highest BCUT2D eigenvalue weighted by Gasteiger charge is 2.30. The van der Waals surface area contributed by atoms with Crippen molar-refractivity contribution in [3.8, 4) is 11.3 Å². The Balaban J connectivity index is 1.09. The summed E-state index contributed by atoms with van der Waals surface area (Å²) in [6, 6.07) is 11.3. The van der Waals surface area contributed by atoms with Gasteiger partial charge in [-0.3, -0.25) is 14.6 Å². The van der Waals surface area contributed by atoms with Crippen LogP contribution in [0.4, 0.5) is 5.82 Å². The van der Waals surface area contributed by atoms with Crippen molar-refractivity contribution >= 4 is 11.7 Å². The Morgan fingerprint density at radius 1 is 0.879 bits per heavy atom. The summed E-state index contributed by atoms with van der Waals surface area (Å²) in [5.74, 6) is 1.20.